The molecule has 0 unspecified atom stereocenters. The summed E-state index contributed by atoms with van der Waals surface area (Å²) < 4.78 is 5.79. The first-order valence-electron chi connectivity index (χ1n) is 5.95. The minimum absolute atomic E-state index is 0.0742. The number of carbonyl (C=O) groups is 1. The lowest BCUT2D eigenvalue weighted by Gasteiger charge is -2.05. The molecule has 0 atom stereocenters. The van der Waals surface area contributed by atoms with E-state index in [1.54, 1.807) is 25.1 Å². The second kappa shape index (κ2) is 6.36. The molecular formula is C14H11BrN2O4. The van der Waals surface area contributed by atoms with Crippen molar-refractivity contribution in [1.82, 2.24) is 0 Å². The molecule has 0 fully saturated rings. The zero-order valence-corrected chi connectivity index (χ0v) is 12.6. The van der Waals surface area contributed by atoms with Gasteiger partial charge in [-0.15, -0.1) is 0 Å². The highest BCUT2D eigenvalue weighted by atomic mass is 79.9. The number of anilines is 1. The molecule has 0 radical (unpaired) electrons. The first kappa shape index (κ1) is 15.0. The number of nitrogens with one attached hydrogen (secondary N) is 1. The van der Waals surface area contributed by atoms with Gasteiger partial charge in [-0.2, -0.15) is 0 Å². The number of furan rings is 1. The van der Waals surface area contributed by atoms with Gasteiger partial charge in [0.05, 0.1) is 10.6 Å². The maximum absolute atomic E-state index is 11.8. The Morgan fingerprint density at radius 2 is 2.14 bits per heavy atom. The van der Waals surface area contributed by atoms with Crippen molar-refractivity contribution in [2.24, 2.45) is 0 Å². The first-order chi connectivity index (χ1) is 9.95. The van der Waals surface area contributed by atoms with E-state index < -0.39 is 10.8 Å². The Bertz CT molecular complexity index is 722. The minimum Gasteiger partial charge on any atom is -0.450 e. The first-order valence-corrected chi connectivity index (χ1v) is 6.74. The van der Waals surface area contributed by atoms with Crippen molar-refractivity contribution in [2.45, 2.75) is 6.92 Å². The number of nitro benzene ring substituents is 1. The van der Waals surface area contributed by atoms with Crippen molar-refractivity contribution in [2.75, 3.05) is 5.32 Å². The second-order valence-electron chi connectivity index (χ2n) is 4.22. The molecule has 0 bridgehead atoms. The van der Waals surface area contributed by atoms with Gasteiger partial charge in [-0.1, -0.05) is 6.07 Å². The number of rotatable bonds is 4. The third-order valence-electron chi connectivity index (χ3n) is 2.68. The van der Waals surface area contributed by atoms with Crippen LogP contribution >= 0.6 is 15.9 Å². The van der Waals surface area contributed by atoms with Crippen LogP contribution in [-0.4, -0.2) is 10.8 Å². The van der Waals surface area contributed by atoms with Crippen molar-refractivity contribution in [3.05, 3.63) is 62.5 Å². The highest BCUT2D eigenvalue weighted by Gasteiger charge is 2.09. The lowest BCUT2D eigenvalue weighted by Crippen LogP contribution is -2.09. The summed E-state index contributed by atoms with van der Waals surface area (Å²) in [7, 11) is 0. The average molecular weight is 351 g/mol. The fraction of sp³-hybridized carbons (Fsp3) is 0.0714. The van der Waals surface area contributed by atoms with Gasteiger partial charge in [-0.3, -0.25) is 14.9 Å². The Morgan fingerprint density at radius 1 is 1.38 bits per heavy atom. The van der Waals surface area contributed by atoms with Crippen molar-refractivity contribution in [3.8, 4) is 0 Å². The summed E-state index contributed by atoms with van der Waals surface area (Å²) in [5.41, 5.74) is 1.07. The molecule has 0 spiro atoms. The number of aryl methyl sites for hydroxylation is 1. The van der Waals surface area contributed by atoms with Gasteiger partial charge in [0.25, 0.3) is 5.69 Å². The molecule has 21 heavy (non-hydrogen) atoms. The monoisotopic (exact) mass is 350 g/mol. The van der Waals surface area contributed by atoms with E-state index >= 15 is 0 Å². The van der Waals surface area contributed by atoms with Crippen LogP contribution in [-0.2, 0) is 4.79 Å². The third kappa shape index (κ3) is 4.03. The normalized spacial score (nSPS) is 10.8. The number of non-ortho nitro benzene ring substituents is 1. The average Bonchev–Trinajstić information content (AvgIpc) is 2.84. The number of halogens is 1. The van der Waals surface area contributed by atoms with Crippen molar-refractivity contribution < 1.29 is 14.1 Å². The topological polar surface area (TPSA) is 85.4 Å². The number of hydrogen-bond donors (Lipinski definition) is 1. The molecule has 0 aliphatic heterocycles. The second-order valence-corrected chi connectivity index (χ2v) is 5.00. The van der Waals surface area contributed by atoms with E-state index in [-0.39, 0.29) is 5.69 Å². The van der Waals surface area contributed by atoms with Gasteiger partial charge in [0.15, 0.2) is 4.67 Å². The number of amides is 1. The smallest absolute Gasteiger partial charge is 0.271 e. The lowest BCUT2D eigenvalue weighted by atomic mass is 10.2. The van der Waals surface area contributed by atoms with Crippen LogP contribution in [0.25, 0.3) is 6.08 Å². The van der Waals surface area contributed by atoms with Crippen LogP contribution in [0.15, 0.2) is 45.5 Å². The predicted octanol–water partition coefficient (Wildman–Crippen LogP) is 3.91. The Hall–Kier alpha value is -2.41. The summed E-state index contributed by atoms with van der Waals surface area (Å²) >= 11 is 3.16. The SMILES string of the molecule is Cc1ccc([N+](=O)[O-])cc1NC(=O)/C=C/c1ccc(Br)o1. The summed E-state index contributed by atoms with van der Waals surface area (Å²) in [6.45, 7) is 1.76. The maximum Gasteiger partial charge on any atom is 0.271 e. The molecule has 1 heterocycles. The fourth-order valence-corrected chi connectivity index (χ4v) is 1.93. The molecule has 108 valence electrons. The minimum atomic E-state index is -0.509. The number of nitro groups is 1. The van der Waals surface area contributed by atoms with Crippen LogP contribution in [0.1, 0.15) is 11.3 Å². The third-order valence-corrected chi connectivity index (χ3v) is 3.11. The van der Waals surface area contributed by atoms with E-state index in [4.69, 9.17) is 4.42 Å². The van der Waals surface area contributed by atoms with Gasteiger partial charge in [0.2, 0.25) is 5.91 Å². The summed E-state index contributed by atoms with van der Waals surface area (Å²) in [5.74, 6) is 0.124. The highest BCUT2D eigenvalue weighted by molar-refractivity contribution is 9.10. The van der Waals surface area contributed by atoms with Crippen LogP contribution in [0.3, 0.4) is 0 Å². The summed E-state index contributed by atoms with van der Waals surface area (Å²) in [4.78, 5) is 22.0. The molecule has 2 rings (SSSR count). The number of nitrogens with zero attached hydrogens (tertiary/aromatic N) is 1. The van der Waals surface area contributed by atoms with E-state index in [2.05, 4.69) is 21.2 Å². The Kier molecular flexibility index (Phi) is 4.54. The van der Waals surface area contributed by atoms with Gasteiger partial charge >= 0.3 is 0 Å². The van der Waals surface area contributed by atoms with E-state index in [1.807, 2.05) is 0 Å². The number of hydrogen-bond acceptors (Lipinski definition) is 4. The summed E-state index contributed by atoms with van der Waals surface area (Å²) in [6, 6.07) is 7.71. The maximum atomic E-state index is 11.8. The molecule has 1 amide bonds. The molecule has 0 saturated carbocycles. The van der Waals surface area contributed by atoms with Crippen LogP contribution in [0.2, 0.25) is 0 Å². The molecule has 0 aliphatic rings. The van der Waals surface area contributed by atoms with Crippen molar-refractivity contribution in [3.63, 3.8) is 0 Å². The largest absolute Gasteiger partial charge is 0.450 e. The van der Waals surface area contributed by atoms with Crippen LogP contribution < -0.4 is 5.32 Å². The zero-order valence-electron chi connectivity index (χ0n) is 11.0. The molecule has 0 saturated heterocycles. The molecule has 1 aromatic carbocycles. The predicted molar refractivity (Wildman–Crippen MR) is 81.9 cm³/mol. The van der Waals surface area contributed by atoms with E-state index in [9.17, 15) is 14.9 Å². The standard InChI is InChI=1S/C14H11BrN2O4/c1-9-2-3-10(17(19)20)8-12(9)16-14(18)7-5-11-4-6-13(15)21-11/h2-8H,1H3,(H,16,18)/b7-5+. The van der Waals surface area contributed by atoms with Crippen LogP contribution in [0, 0.1) is 17.0 Å². The summed E-state index contributed by atoms with van der Waals surface area (Å²) in [6.07, 6.45) is 2.80. The van der Waals surface area contributed by atoms with Gasteiger partial charge in [-0.25, -0.2) is 0 Å². The Labute approximate surface area is 128 Å². The van der Waals surface area contributed by atoms with E-state index in [0.717, 1.165) is 5.56 Å². The van der Waals surface area contributed by atoms with Crippen LogP contribution in [0.5, 0.6) is 0 Å². The van der Waals surface area contributed by atoms with E-state index in [1.165, 1.54) is 24.3 Å². The number of carbonyl (C=O) groups excluding carboxylic acids is 1. The molecule has 1 N–H and O–H groups in total. The molecule has 0 aliphatic carbocycles. The van der Waals surface area contributed by atoms with Crippen molar-refractivity contribution >= 4 is 39.3 Å². The molecule has 7 heteroatoms. The van der Waals surface area contributed by atoms with Crippen LogP contribution in [0.4, 0.5) is 11.4 Å². The molecule has 1 aromatic heterocycles. The fourth-order valence-electron chi connectivity index (χ4n) is 1.61. The number of benzene rings is 1. The zero-order chi connectivity index (χ0) is 15.4. The van der Waals surface area contributed by atoms with Gasteiger partial charge in [0, 0.05) is 18.2 Å². The van der Waals surface area contributed by atoms with Gasteiger partial charge < -0.3 is 9.73 Å². The molecular weight excluding hydrogens is 340 g/mol. The lowest BCUT2D eigenvalue weighted by molar-refractivity contribution is -0.384. The molecule has 6 nitrogen and oxygen atoms in total. The highest BCUT2D eigenvalue weighted by Crippen LogP contribution is 2.22. The molecule has 2 aromatic rings. The van der Waals surface area contributed by atoms with Crippen molar-refractivity contribution in [1.29, 1.82) is 0 Å². The quantitative estimate of drug-likeness (QED) is 0.514. The summed E-state index contributed by atoms with van der Waals surface area (Å²) in [5, 5.41) is 13.3. The Balaban J connectivity index is 2.10. The van der Waals surface area contributed by atoms with Gasteiger partial charge in [0.1, 0.15) is 5.76 Å². The van der Waals surface area contributed by atoms with Gasteiger partial charge in [-0.05, 0) is 46.6 Å². The van der Waals surface area contributed by atoms with E-state index in [0.29, 0.717) is 16.1 Å². The Morgan fingerprint density at radius 3 is 2.76 bits per heavy atom.